The summed E-state index contributed by atoms with van der Waals surface area (Å²) < 4.78 is 11.9. The third-order valence-electron chi connectivity index (χ3n) is 7.15. The number of alkyl carbamates (subject to hydrolysis) is 1. The Bertz CT molecular complexity index is 1570. The molecule has 0 atom stereocenters. The first-order valence-electron chi connectivity index (χ1n) is 14.2. The maximum Gasteiger partial charge on any atom is 0.407 e. The van der Waals surface area contributed by atoms with E-state index in [1.54, 1.807) is 56.5 Å². The number of carbonyl (C=O) groups excluding carboxylic acids is 3. The van der Waals surface area contributed by atoms with Crippen LogP contribution in [0.4, 0.5) is 10.5 Å². The average Bonchev–Trinajstić information content (AvgIpc) is 3.27. The Kier molecular flexibility index (Phi) is 9.34. The minimum atomic E-state index is -0.612. The van der Waals surface area contributed by atoms with Crippen LogP contribution < -0.4 is 10.6 Å². The van der Waals surface area contributed by atoms with E-state index in [9.17, 15) is 29.8 Å². The fourth-order valence-electron chi connectivity index (χ4n) is 5.23. The number of esters is 1. The normalized spacial score (nSPS) is 16.6. The molecular weight excluding hydrogens is 554 g/mol. The van der Waals surface area contributed by atoms with Crippen LogP contribution in [0.5, 0.6) is 0 Å². The lowest BCUT2D eigenvalue weighted by Crippen LogP contribution is -2.45. The van der Waals surface area contributed by atoms with Gasteiger partial charge >= 0.3 is 17.7 Å². The maximum absolute atomic E-state index is 13.8. The summed E-state index contributed by atoms with van der Waals surface area (Å²) in [5.74, 6) is -1.07. The number of nitrogens with zero attached hydrogens (tertiary/aromatic N) is 3. The van der Waals surface area contributed by atoms with E-state index in [0.717, 1.165) is 0 Å². The van der Waals surface area contributed by atoms with Crippen molar-refractivity contribution in [3.05, 3.63) is 75.0 Å². The third-order valence-corrected chi connectivity index (χ3v) is 7.15. The molecule has 3 aromatic rings. The van der Waals surface area contributed by atoms with Crippen molar-refractivity contribution in [3.8, 4) is 6.07 Å². The van der Waals surface area contributed by atoms with Crippen LogP contribution in [0.15, 0.2) is 42.5 Å². The van der Waals surface area contributed by atoms with Crippen molar-refractivity contribution in [2.75, 3.05) is 6.61 Å². The number of nitrogens with one attached hydrogen (secondary N) is 2. The van der Waals surface area contributed by atoms with Gasteiger partial charge in [0.15, 0.2) is 5.69 Å². The molecule has 1 heterocycles. The van der Waals surface area contributed by atoms with Gasteiger partial charge in [0.2, 0.25) is 0 Å². The smallest absolute Gasteiger partial charge is 0.407 e. The zero-order valence-electron chi connectivity index (χ0n) is 24.6. The minimum Gasteiger partial charge on any atom is -0.462 e. The van der Waals surface area contributed by atoms with E-state index in [0.29, 0.717) is 47.9 Å². The van der Waals surface area contributed by atoms with E-state index in [1.165, 1.54) is 18.2 Å². The second-order valence-electron chi connectivity index (χ2n) is 11.5. The second-order valence-corrected chi connectivity index (χ2v) is 11.5. The number of ether oxygens (including phenoxy) is 2. The fraction of sp³-hybridized carbons (Fsp3) is 0.419. The number of benzene rings is 2. The van der Waals surface area contributed by atoms with Gasteiger partial charge in [-0.1, -0.05) is 12.1 Å². The number of nitriles is 1. The summed E-state index contributed by atoms with van der Waals surface area (Å²) in [6.07, 6.45) is 1.84. The molecule has 0 radical (unpaired) electrons. The number of aromatic nitrogens is 1. The van der Waals surface area contributed by atoms with Gasteiger partial charge in [-0.25, -0.2) is 9.59 Å². The predicted octanol–water partition coefficient (Wildman–Crippen LogP) is 5.21. The molecular formula is C31H35N5O7. The first-order chi connectivity index (χ1) is 20.4. The van der Waals surface area contributed by atoms with Crippen LogP contribution in [0, 0.1) is 21.4 Å². The third kappa shape index (κ3) is 7.48. The van der Waals surface area contributed by atoms with Crippen molar-refractivity contribution in [1.82, 2.24) is 15.2 Å². The summed E-state index contributed by atoms with van der Waals surface area (Å²) in [5, 5.41) is 27.9. The van der Waals surface area contributed by atoms with Gasteiger partial charge in [0.25, 0.3) is 5.91 Å². The number of amides is 2. The molecule has 1 saturated carbocycles. The monoisotopic (exact) mass is 589 g/mol. The molecule has 226 valence electrons. The van der Waals surface area contributed by atoms with Crippen LogP contribution in [-0.4, -0.2) is 51.8 Å². The summed E-state index contributed by atoms with van der Waals surface area (Å²) in [5.41, 5.74) is 0.621. The van der Waals surface area contributed by atoms with E-state index in [-0.39, 0.29) is 42.0 Å². The Hall–Kier alpha value is -4.92. The Labute approximate surface area is 249 Å². The molecule has 43 heavy (non-hydrogen) atoms. The lowest BCUT2D eigenvalue weighted by atomic mass is 9.91. The Morgan fingerprint density at radius 3 is 2.23 bits per heavy atom. The molecule has 1 fully saturated rings. The number of nitro groups is 1. The van der Waals surface area contributed by atoms with Gasteiger partial charge < -0.3 is 24.7 Å². The molecule has 1 aliphatic carbocycles. The molecule has 4 rings (SSSR count). The lowest BCUT2D eigenvalue weighted by Gasteiger charge is -2.30. The molecule has 0 aliphatic heterocycles. The maximum atomic E-state index is 13.8. The van der Waals surface area contributed by atoms with Gasteiger partial charge in [0.05, 0.1) is 39.6 Å². The number of fused-ring (bicyclic) bond motifs is 1. The molecule has 0 spiro atoms. The summed E-state index contributed by atoms with van der Waals surface area (Å²) in [7, 11) is 0. The van der Waals surface area contributed by atoms with Gasteiger partial charge in [-0.3, -0.25) is 14.9 Å². The molecule has 1 aliphatic rings. The topological polar surface area (TPSA) is 166 Å². The molecule has 2 N–H and O–H groups in total. The summed E-state index contributed by atoms with van der Waals surface area (Å²) in [6.45, 7) is 7.40. The number of carbonyl (C=O) groups is 3. The van der Waals surface area contributed by atoms with E-state index in [4.69, 9.17) is 9.47 Å². The van der Waals surface area contributed by atoms with Crippen LogP contribution in [-0.2, 0) is 16.0 Å². The zero-order chi connectivity index (χ0) is 31.3. The van der Waals surface area contributed by atoms with Crippen LogP contribution in [0.3, 0.4) is 0 Å². The van der Waals surface area contributed by atoms with Crippen LogP contribution in [0.2, 0.25) is 0 Å². The highest BCUT2D eigenvalue weighted by molar-refractivity contribution is 6.06. The highest BCUT2D eigenvalue weighted by atomic mass is 16.6. The van der Waals surface area contributed by atoms with Crippen molar-refractivity contribution < 1.29 is 28.8 Å². The van der Waals surface area contributed by atoms with Crippen molar-refractivity contribution in [2.24, 2.45) is 0 Å². The van der Waals surface area contributed by atoms with E-state index < -0.39 is 28.5 Å². The fourth-order valence-corrected chi connectivity index (χ4v) is 5.23. The molecule has 12 heteroatoms. The number of rotatable bonds is 8. The van der Waals surface area contributed by atoms with Gasteiger partial charge in [-0.05, 0) is 89.3 Å². The van der Waals surface area contributed by atoms with E-state index in [1.807, 2.05) is 0 Å². The molecule has 1 aromatic heterocycles. The molecule has 2 amide bonds. The number of hydrogen-bond donors (Lipinski definition) is 2. The minimum absolute atomic E-state index is 0.0810. The zero-order valence-corrected chi connectivity index (χ0v) is 24.6. The molecule has 12 nitrogen and oxygen atoms in total. The molecule has 2 aromatic carbocycles. The largest absolute Gasteiger partial charge is 0.462 e. The van der Waals surface area contributed by atoms with Gasteiger partial charge in [0, 0.05) is 18.6 Å². The van der Waals surface area contributed by atoms with Crippen LogP contribution in [0.25, 0.3) is 10.9 Å². The summed E-state index contributed by atoms with van der Waals surface area (Å²) in [6, 6.07) is 12.8. The number of hydrogen-bond acceptors (Lipinski definition) is 8. The van der Waals surface area contributed by atoms with E-state index >= 15 is 0 Å². The second kappa shape index (κ2) is 12.9. The quantitative estimate of drug-likeness (QED) is 0.205. The summed E-state index contributed by atoms with van der Waals surface area (Å²) >= 11 is 0. The summed E-state index contributed by atoms with van der Waals surface area (Å²) in [4.78, 5) is 49.7. The molecule has 0 bridgehead atoms. The van der Waals surface area contributed by atoms with E-state index in [2.05, 4.69) is 16.7 Å². The average molecular weight is 590 g/mol. The highest BCUT2D eigenvalue weighted by Crippen LogP contribution is 2.35. The first-order valence-corrected chi connectivity index (χ1v) is 14.2. The van der Waals surface area contributed by atoms with Gasteiger partial charge in [-0.15, -0.1) is 0 Å². The van der Waals surface area contributed by atoms with Crippen LogP contribution >= 0.6 is 0 Å². The predicted molar refractivity (Wildman–Crippen MR) is 158 cm³/mol. The Balaban J connectivity index is 1.60. The van der Waals surface area contributed by atoms with Crippen molar-refractivity contribution in [1.29, 1.82) is 5.26 Å². The van der Waals surface area contributed by atoms with Crippen molar-refractivity contribution >= 4 is 34.6 Å². The Morgan fingerprint density at radius 1 is 1.05 bits per heavy atom. The molecule has 0 saturated heterocycles. The molecule has 0 unspecified atom stereocenters. The van der Waals surface area contributed by atoms with Crippen molar-refractivity contribution in [2.45, 2.75) is 77.6 Å². The standard InChI is InChI=1S/C31H35N5O7/c1-5-42-29(38)21-9-6-19(7-10-21)18-35-25-16-20(17-32)8-15-24(25)26(36(40)41)27(35)28(37)33-22-11-13-23(14-12-22)34-30(39)43-31(2,3)4/h6-10,15-16,22-23H,5,11-14,18H2,1-4H3,(H,33,37)(H,34,39)/t22-,23-. The van der Waals surface area contributed by atoms with Gasteiger partial charge in [-0.2, -0.15) is 5.26 Å². The first kappa shape index (κ1) is 31.0. The Morgan fingerprint density at radius 2 is 1.67 bits per heavy atom. The van der Waals surface area contributed by atoms with Gasteiger partial charge in [0.1, 0.15) is 5.60 Å². The lowest BCUT2D eigenvalue weighted by molar-refractivity contribution is -0.383. The van der Waals surface area contributed by atoms with Crippen LogP contribution in [0.1, 0.15) is 85.4 Å². The van der Waals surface area contributed by atoms with Crippen molar-refractivity contribution in [3.63, 3.8) is 0 Å². The SMILES string of the molecule is CCOC(=O)c1ccc(Cn2c(C(=O)N[C@H]3CC[C@H](NC(=O)OC(C)(C)C)CC3)c([N+](=O)[O-])c3ccc(C#N)cc32)cc1. The highest BCUT2D eigenvalue weighted by Gasteiger charge is 2.33.